The van der Waals surface area contributed by atoms with Gasteiger partial charge in [0.05, 0.1) is 17.8 Å². The summed E-state index contributed by atoms with van der Waals surface area (Å²) in [6.45, 7) is 8.61. The Labute approximate surface area is 172 Å². The van der Waals surface area contributed by atoms with Gasteiger partial charge in [-0.05, 0) is 52.6 Å². The van der Waals surface area contributed by atoms with Crippen LogP contribution in [0.25, 0.3) is 0 Å². The molecular weight excluding hydrogens is 374 g/mol. The van der Waals surface area contributed by atoms with E-state index in [1.165, 1.54) is 0 Å². The molecule has 0 aliphatic heterocycles. The molecule has 1 N–H and O–H groups in total. The van der Waals surface area contributed by atoms with E-state index in [-0.39, 0.29) is 6.61 Å². The van der Waals surface area contributed by atoms with E-state index < -0.39 is 6.10 Å². The summed E-state index contributed by atoms with van der Waals surface area (Å²) in [7, 11) is 5.70. The lowest BCUT2D eigenvalue weighted by molar-refractivity contribution is 0.0668. The van der Waals surface area contributed by atoms with Gasteiger partial charge in [0.15, 0.2) is 11.5 Å². The summed E-state index contributed by atoms with van der Waals surface area (Å²) in [5, 5.41) is 13.4. The smallest absolute Gasteiger partial charge is 0.161 e. The fraction of sp³-hybridized carbons (Fsp3) is 0.571. The highest BCUT2D eigenvalue weighted by molar-refractivity contribution is 7.09. The SMILES string of the molecule is COc1cc(CN(C)Cc2csc(C)n2)ccc1OC[C@@H](O)CN(C)C(C)C. The number of aryl methyl sites for hydroxylation is 1. The van der Waals surface area contributed by atoms with Crippen molar-refractivity contribution in [2.45, 2.75) is 46.0 Å². The first kappa shape index (κ1) is 22.6. The summed E-state index contributed by atoms with van der Waals surface area (Å²) in [4.78, 5) is 8.83. The van der Waals surface area contributed by atoms with Crippen LogP contribution in [0.15, 0.2) is 23.6 Å². The van der Waals surface area contributed by atoms with Gasteiger partial charge in [-0.25, -0.2) is 4.98 Å². The topological polar surface area (TPSA) is 58.1 Å². The number of hydrogen-bond donors (Lipinski definition) is 1. The lowest BCUT2D eigenvalue weighted by Gasteiger charge is -2.24. The molecule has 1 aromatic heterocycles. The van der Waals surface area contributed by atoms with Crippen molar-refractivity contribution >= 4 is 11.3 Å². The van der Waals surface area contributed by atoms with Crippen molar-refractivity contribution < 1.29 is 14.6 Å². The van der Waals surface area contributed by atoms with Gasteiger partial charge in [0.1, 0.15) is 12.7 Å². The second-order valence-electron chi connectivity index (χ2n) is 7.51. The number of aliphatic hydroxyl groups is 1. The molecule has 6 nitrogen and oxygen atoms in total. The summed E-state index contributed by atoms with van der Waals surface area (Å²) in [5.74, 6) is 1.33. The van der Waals surface area contributed by atoms with Crippen LogP contribution >= 0.6 is 11.3 Å². The van der Waals surface area contributed by atoms with Crippen LogP contribution in [0.4, 0.5) is 0 Å². The number of likely N-dealkylation sites (N-methyl/N-ethyl adjacent to an activating group) is 1. The van der Waals surface area contributed by atoms with Crippen LogP contribution in [0.1, 0.15) is 30.1 Å². The summed E-state index contributed by atoms with van der Waals surface area (Å²) in [6.07, 6.45) is -0.551. The number of aromatic nitrogens is 1. The Morgan fingerprint density at radius 2 is 1.93 bits per heavy atom. The van der Waals surface area contributed by atoms with Crippen LogP contribution < -0.4 is 9.47 Å². The molecule has 1 aromatic carbocycles. The van der Waals surface area contributed by atoms with E-state index in [2.05, 4.69) is 41.1 Å². The monoisotopic (exact) mass is 407 g/mol. The maximum atomic E-state index is 10.2. The minimum Gasteiger partial charge on any atom is -0.493 e. The van der Waals surface area contributed by atoms with Crippen molar-refractivity contribution in [1.29, 1.82) is 0 Å². The molecule has 2 aromatic rings. The van der Waals surface area contributed by atoms with Crippen LogP contribution in [0.5, 0.6) is 11.5 Å². The molecule has 1 heterocycles. The highest BCUT2D eigenvalue weighted by Gasteiger charge is 2.14. The number of rotatable bonds is 11. The molecule has 0 amide bonds. The second kappa shape index (κ2) is 10.8. The number of aliphatic hydroxyl groups excluding tert-OH is 1. The van der Waals surface area contributed by atoms with Crippen molar-refractivity contribution in [3.05, 3.63) is 39.8 Å². The number of hydrogen-bond acceptors (Lipinski definition) is 7. The van der Waals surface area contributed by atoms with Crippen molar-refractivity contribution in [1.82, 2.24) is 14.8 Å². The largest absolute Gasteiger partial charge is 0.493 e. The second-order valence-corrected chi connectivity index (χ2v) is 8.58. The molecule has 0 spiro atoms. The Balaban J connectivity index is 1.91. The summed E-state index contributed by atoms with van der Waals surface area (Å²) in [5.41, 5.74) is 2.23. The molecule has 28 heavy (non-hydrogen) atoms. The molecule has 0 aliphatic rings. The molecule has 0 saturated carbocycles. The zero-order valence-electron chi connectivity index (χ0n) is 17.8. The van der Waals surface area contributed by atoms with Crippen molar-refractivity contribution in [2.24, 2.45) is 0 Å². The van der Waals surface area contributed by atoms with Crippen LogP contribution in [-0.2, 0) is 13.1 Å². The number of methoxy groups -OCH3 is 1. The number of benzene rings is 1. The van der Waals surface area contributed by atoms with Gasteiger partial charge >= 0.3 is 0 Å². The van der Waals surface area contributed by atoms with E-state index in [0.717, 1.165) is 29.4 Å². The van der Waals surface area contributed by atoms with Gasteiger partial charge in [-0.15, -0.1) is 11.3 Å². The van der Waals surface area contributed by atoms with E-state index >= 15 is 0 Å². The standard InChI is InChI=1S/C21H33N3O3S/c1-15(2)24(5)12-19(25)13-27-20-8-7-17(9-21(20)26-6)10-23(4)11-18-14-28-16(3)22-18/h7-9,14-15,19,25H,10-13H2,1-6H3/t19-/m0/s1. The lowest BCUT2D eigenvalue weighted by Crippen LogP contribution is -2.36. The van der Waals surface area contributed by atoms with Gasteiger partial charge in [-0.3, -0.25) is 4.90 Å². The Kier molecular flexibility index (Phi) is 8.69. The maximum Gasteiger partial charge on any atom is 0.161 e. The molecular formula is C21H33N3O3S. The highest BCUT2D eigenvalue weighted by Crippen LogP contribution is 2.29. The van der Waals surface area contributed by atoms with Crippen molar-refractivity contribution in [3.63, 3.8) is 0 Å². The van der Waals surface area contributed by atoms with Gasteiger partial charge in [0.25, 0.3) is 0 Å². The van der Waals surface area contributed by atoms with Crippen LogP contribution in [-0.4, -0.2) is 66.4 Å². The predicted molar refractivity (Wildman–Crippen MR) is 114 cm³/mol. The summed E-state index contributed by atoms with van der Waals surface area (Å²) in [6, 6.07) is 6.32. The zero-order valence-corrected chi connectivity index (χ0v) is 18.6. The first-order chi connectivity index (χ1) is 13.3. The van der Waals surface area contributed by atoms with E-state index in [0.29, 0.717) is 24.1 Å². The molecule has 0 unspecified atom stereocenters. The molecule has 0 saturated heterocycles. The average Bonchev–Trinajstić information content (AvgIpc) is 3.04. The molecule has 1 atom stereocenters. The fourth-order valence-electron chi connectivity index (χ4n) is 2.84. The predicted octanol–water partition coefficient (Wildman–Crippen LogP) is 3.17. The summed E-state index contributed by atoms with van der Waals surface area (Å²) >= 11 is 1.68. The molecule has 0 fully saturated rings. The third-order valence-electron chi connectivity index (χ3n) is 4.59. The Bertz CT molecular complexity index is 735. The third kappa shape index (κ3) is 7.05. The first-order valence-corrected chi connectivity index (χ1v) is 10.4. The Hall–Kier alpha value is -1.67. The van der Waals surface area contributed by atoms with Gasteiger partial charge in [-0.1, -0.05) is 6.07 Å². The Morgan fingerprint density at radius 1 is 1.18 bits per heavy atom. The molecule has 2 rings (SSSR count). The molecule has 156 valence electrons. The van der Waals surface area contributed by atoms with Gasteiger partial charge < -0.3 is 19.5 Å². The van der Waals surface area contributed by atoms with E-state index in [1.807, 2.05) is 32.2 Å². The van der Waals surface area contributed by atoms with E-state index in [4.69, 9.17) is 9.47 Å². The van der Waals surface area contributed by atoms with E-state index in [1.54, 1.807) is 18.4 Å². The van der Waals surface area contributed by atoms with Gasteiger partial charge in [0.2, 0.25) is 0 Å². The fourth-order valence-corrected chi connectivity index (χ4v) is 3.44. The van der Waals surface area contributed by atoms with Crippen molar-refractivity contribution in [2.75, 3.05) is 34.4 Å². The minimum atomic E-state index is -0.551. The van der Waals surface area contributed by atoms with Gasteiger partial charge in [-0.2, -0.15) is 0 Å². The highest BCUT2D eigenvalue weighted by atomic mass is 32.1. The minimum absolute atomic E-state index is 0.232. The third-order valence-corrected chi connectivity index (χ3v) is 5.41. The maximum absolute atomic E-state index is 10.2. The van der Waals surface area contributed by atoms with Crippen LogP contribution in [0.2, 0.25) is 0 Å². The molecule has 0 radical (unpaired) electrons. The Morgan fingerprint density at radius 3 is 2.54 bits per heavy atom. The summed E-state index contributed by atoms with van der Waals surface area (Å²) < 4.78 is 11.3. The average molecular weight is 408 g/mol. The first-order valence-electron chi connectivity index (χ1n) is 9.56. The number of thiazole rings is 1. The number of nitrogens with zero attached hydrogens (tertiary/aromatic N) is 3. The number of ether oxygens (including phenoxy) is 2. The van der Waals surface area contributed by atoms with Gasteiger partial charge in [0, 0.05) is 31.1 Å². The normalized spacial score (nSPS) is 12.8. The van der Waals surface area contributed by atoms with Crippen LogP contribution in [0, 0.1) is 6.92 Å². The lowest BCUT2D eigenvalue weighted by atomic mass is 10.2. The van der Waals surface area contributed by atoms with E-state index in [9.17, 15) is 5.11 Å². The van der Waals surface area contributed by atoms with Crippen molar-refractivity contribution in [3.8, 4) is 11.5 Å². The molecule has 0 bridgehead atoms. The zero-order chi connectivity index (χ0) is 20.7. The molecule has 0 aliphatic carbocycles. The quantitative estimate of drug-likeness (QED) is 0.617. The molecule has 7 heteroatoms. The van der Waals surface area contributed by atoms with Crippen LogP contribution in [0.3, 0.4) is 0 Å².